The van der Waals surface area contributed by atoms with Crippen LogP contribution in [0.5, 0.6) is 11.5 Å². The first-order chi connectivity index (χ1) is 9.43. The first-order valence-electron chi connectivity index (χ1n) is 6.56. The van der Waals surface area contributed by atoms with E-state index in [-0.39, 0.29) is 0 Å². The normalized spacial score (nSPS) is 15.3. The third kappa shape index (κ3) is 2.85. The fourth-order valence-electron chi connectivity index (χ4n) is 2.23. The second kappa shape index (κ2) is 5.71. The molecule has 0 amide bonds. The maximum absolute atomic E-state index is 5.94. The van der Waals surface area contributed by atoms with Crippen LogP contribution in [-0.4, -0.2) is 31.2 Å². The topological polar surface area (TPSA) is 37.4 Å². The molecule has 1 aliphatic heterocycles. The highest BCUT2D eigenvalue weighted by Gasteiger charge is 2.15. The van der Waals surface area contributed by atoms with Crippen LogP contribution in [0, 0.1) is 0 Å². The number of nitrogens with zero attached hydrogens (tertiary/aromatic N) is 2. The summed E-state index contributed by atoms with van der Waals surface area (Å²) in [5.41, 5.74) is 1.11. The van der Waals surface area contributed by atoms with Crippen LogP contribution in [0.4, 0.5) is 5.69 Å². The molecule has 0 radical (unpaired) electrons. The molecule has 98 valence electrons. The van der Waals surface area contributed by atoms with Crippen molar-refractivity contribution in [3.8, 4) is 11.5 Å². The summed E-state index contributed by atoms with van der Waals surface area (Å²) in [6.07, 6.45) is 3.60. The van der Waals surface area contributed by atoms with Gasteiger partial charge in [-0.25, -0.2) is 0 Å². The average molecular weight is 255 g/mol. The van der Waals surface area contributed by atoms with Gasteiger partial charge in [-0.1, -0.05) is 18.2 Å². The second-order valence-corrected chi connectivity index (χ2v) is 4.50. The SMILES string of the molecule is c1ccc(Oc2cnccc2N2CCNCC2)cc1. The number of benzene rings is 1. The average Bonchev–Trinajstić information content (AvgIpc) is 2.50. The number of ether oxygens (including phenoxy) is 1. The zero-order valence-electron chi connectivity index (χ0n) is 10.7. The van der Waals surface area contributed by atoms with Crippen molar-refractivity contribution in [2.45, 2.75) is 0 Å². The van der Waals surface area contributed by atoms with Gasteiger partial charge < -0.3 is 15.0 Å². The number of piperazine rings is 1. The van der Waals surface area contributed by atoms with Gasteiger partial charge in [0, 0.05) is 32.4 Å². The van der Waals surface area contributed by atoms with Crippen molar-refractivity contribution in [1.29, 1.82) is 0 Å². The van der Waals surface area contributed by atoms with Gasteiger partial charge in [-0.15, -0.1) is 0 Å². The fourth-order valence-corrected chi connectivity index (χ4v) is 2.23. The maximum atomic E-state index is 5.94. The molecule has 0 atom stereocenters. The minimum absolute atomic E-state index is 0.815. The lowest BCUT2D eigenvalue weighted by Crippen LogP contribution is -2.43. The van der Waals surface area contributed by atoms with E-state index in [1.807, 2.05) is 42.6 Å². The van der Waals surface area contributed by atoms with Crippen molar-refractivity contribution >= 4 is 5.69 Å². The van der Waals surface area contributed by atoms with Gasteiger partial charge in [0.1, 0.15) is 5.75 Å². The molecular weight excluding hydrogens is 238 g/mol. The lowest BCUT2D eigenvalue weighted by atomic mass is 10.2. The van der Waals surface area contributed by atoms with Crippen LogP contribution in [0.2, 0.25) is 0 Å². The van der Waals surface area contributed by atoms with Gasteiger partial charge in [0.05, 0.1) is 11.9 Å². The van der Waals surface area contributed by atoms with E-state index < -0.39 is 0 Å². The molecule has 1 aromatic heterocycles. The minimum Gasteiger partial charge on any atom is -0.454 e. The number of hydrogen-bond donors (Lipinski definition) is 1. The maximum Gasteiger partial charge on any atom is 0.168 e. The molecule has 2 aromatic rings. The largest absolute Gasteiger partial charge is 0.454 e. The highest BCUT2D eigenvalue weighted by Crippen LogP contribution is 2.31. The van der Waals surface area contributed by atoms with Crippen LogP contribution in [0.1, 0.15) is 0 Å². The summed E-state index contributed by atoms with van der Waals surface area (Å²) in [7, 11) is 0. The summed E-state index contributed by atoms with van der Waals surface area (Å²) < 4.78 is 5.94. The summed E-state index contributed by atoms with van der Waals surface area (Å²) in [6.45, 7) is 4.00. The Morgan fingerprint density at radius 2 is 1.84 bits per heavy atom. The summed E-state index contributed by atoms with van der Waals surface area (Å²) in [4.78, 5) is 6.50. The molecule has 2 heterocycles. The Morgan fingerprint density at radius 1 is 1.05 bits per heavy atom. The van der Waals surface area contributed by atoms with Crippen LogP contribution >= 0.6 is 0 Å². The molecule has 19 heavy (non-hydrogen) atoms. The Hall–Kier alpha value is -2.07. The molecule has 1 N–H and O–H groups in total. The first kappa shape index (κ1) is 12.0. The fraction of sp³-hybridized carbons (Fsp3) is 0.267. The van der Waals surface area contributed by atoms with E-state index in [1.165, 1.54) is 0 Å². The van der Waals surface area contributed by atoms with Crippen LogP contribution in [-0.2, 0) is 0 Å². The van der Waals surface area contributed by atoms with Crippen molar-refractivity contribution in [2.24, 2.45) is 0 Å². The lowest BCUT2D eigenvalue weighted by molar-refractivity contribution is 0.475. The molecule has 0 aliphatic carbocycles. The van der Waals surface area contributed by atoms with E-state index in [2.05, 4.69) is 15.2 Å². The number of rotatable bonds is 3. The van der Waals surface area contributed by atoms with Gasteiger partial charge in [-0.05, 0) is 18.2 Å². The molecule has 0 saturated carbocycles. The molecule has 0 unspecified atom stereocenters. The third-order valence-corrected chi connectivity index (χ3v) is 3.19. The quantitative estimate of drug-likeness (QED) is 0.913. The smallest absolute Gasteiger partial charge is 0.168 e. The Morgan fingerprint density at radius 3 is 2.63 bits per heavy atom. The van der Waals surface area contributed by atoms with Gasteiger partial charge in [0.15, 0.2) is 5.75 Å². The predicted molar refractivity (Wildman–Crippen MR) is 75.8 cm³/mol. The molecule has 4 heteroatoms. The highest BCUT2D eigenvalue weighted by molar-refractivity contribution is 5.58. The Balaban J connectivity index is 1.84. The van der Waals surface area contributed by atoms with Gasteiger partial charge in [-0.2, -0.15) is 0 Å². The Kier molecular flexibility index (Phi) is 3.61. The highest BCUT2D eigenvalue weighted by atomic mass is 16.5. The van der Waals surface area contributed by atoms with Gasteiger partial charge in [-0.3, -0.25) is 4.98 Å². The van der Waals surface area contributed by atoms with E-state index in [0.29, 0.717) is 0 Å². The minimum atomic E-state index is 0.815. The predicted octanol–water partition coefficient (Wildman–Crippen LogP) is 2.28. The van der Waals surface area contributed by atoms with Crippen molar-refractivity contribution in [3.05, 3.63) is 48.8 Å². The van der Waals surface area contributed by atoms with Crippen LogP contribution in [0.3, 0.4) is 0 Å². The number of pyridine rings is 1. The number of hydrogen-bond acceptors (Lipinski definition) is 4. The third-order valence-electron chi connectivity index (χ3n) is 3.19. The van der Waals surface area contributed by atoms with Gasteiger partial charge >= 0.3 is 0 Å². The number of anilines is 1. The second-order valence-electron chi connectivity index (χ2n) is 4.50. The van der Waals surface area contributed by atoms with E-state index in [9.17, 15) is 0 Å². The van der Waals surface area contributed by atoms with E-state index >= 15 is 0 Å². The van der Waals surface area contributed by atoms with Crippen LogP contribution < -0.4 is 15.0 Å². The van der Waals surface area contributed by atoms with Crippen LogP contribution in [0.15, 0.2) is 48.8 Å². The summed E-state index contributed by atoms with van der Waals surface area (Å²) in [5.74, 6) is 1.66. The molecule has 1 aliphatic rings. The van der Waals surface area contributed by atoms with Gasteiger partial charge in [0.25, 0.3) is 0 Å². The van der Waals surface area contributed by atoms with Crippen molar-refractivity contribution in [1.82, 2.24) is 10.3 Å². The lowest BCUT2D eigenvalue weighted by Gasteiger charge is -2.30. The number of para-hydroxylation sites is 1. The molecule has 0 spiro atoms. The van der Waals surface area contributed by atoms with E-state index in [0.717, 1.165) is 43.4 Å². The number of nitrogens with one attached hydrogen (secondary N) is 1. The van der Waals surface area contributed by atoms with E-state index in [4.69, 9.17) is 4.74 Å². The molecule has 0 bridgehead atoms. The summed E-state index contributed by atoms with van der Waals surface area (Å²) >= 11 is 0. The van der Waals surface area contributed by atoms with Crippen molar-refractivity contribution in [3.63, 3.8) is 0 Å². The molecule has 3 rings (SSSR count). The van der Waals surface area contributed by atoms with Gasteiger partial charge in [0.2, 0.25) is 0 Å². The molecule has 1 fully saturated rings. The van der Waals surface area contributed by atoms with Crippen LogP contribution in [0.25, 0.3) is 0 Å². The summed E-state index contributed by atoms with van der Waals surface area (Å²) in [5, 5.41) is 3.36. The van der Waals surface area contributed by atoms with E-state index in [1.54, 1.807) is 6.20 Å². The zero-order valence-corrected chi connectivity index (χ0v) is 10.7. The molecular formula is C15H17N3O. The Bertz CT molecular complexity index is 524. The molecule has 4 nitrogen and oxygen atoms in total. The summed E-state index contributed by atoms with van der Waals surface area (Å²) in [6, 6.07) is 11.8. The number of aromatic nitrogens is 1. The first-order valence-corrected chi connectivity index (χ1v) is 6.56. The van der Waals surface area contributed by atoms with Crippen molar-refractivity contribution < 1.29 is 4.74 Å². The standard InChI is InChI=1S/C15H17N3O/c1-2-4-13(5-3-1)19-15-12-17-7-6-14(15)18-10-8-16-9-11-18/h1-7,12,16H,8-11H2. The Labute approximate surface area is 113 Å². The van der Waals surface area contributed by atoms with Crippen molar-refractivity contribution in [2.75, 3.05) is 31.1 Å². The zero-order chi connectivity index (χ0) is 12.9. The molecule has 1 saturated heterocycles. The monoisotopic (exact) mass is 255 g/mol. The molecule has 1 aromatic carbocycles.